The van der Waals surface area contributed by atoms with Gasteiger partial charge in [0.1, 0.15) is 0 Å². The van der Waals surface area contributed by atoms with Gasteiger partial charge in [-0.1, -0.05) is 24.3 Å². The second-order valence-electron chi connectivity index (χ2n) is 8.56. The number of rotatable bonds is 10. The maximum atomic E-state index is 12.4. The molecule has 9 heteroatoms. The predicted molar refractivity (Wildman–Crippen MR) is 127 cm³/mol. The Morgan fingerprint density at radius 1 is 1.06 bits per heavy atom. The number of hydrogen-bond donors (Lipinski definition) is 1. The van der Waals surface area contributed by atoms with Crippen LogP contribution in [-0.4, -0.2) is 51.9 Å². The molecule has 1 N–H and O–H groups in total. The van der Waals surface area contributed by atoms with Gasteiger partial charge in [0.2, 0.25) is 22.7 Å². The minimum absolute atomic E-state index is 0.0981. The van der Waals surface area contributed by atoms with E-state index in [0.29, 0.717) is 30.2 Å². The first-order valence-corrected chi connectivity index (χ1v) is 13.2. The highest BCUT2D eigenvalue weighted by molar-refractivity contribution is 7.92. The molecule has 0 saturated carbocycles. The lowest BCUT2D eigenvalue weighted by molar-refractivity contribution is -0.121. The Morgan fingerprint density at radius 2 is 1.82 bits per heavy atom. The highest BCUT2D eigenvalue weighted by atomic mass is 32.2. The summed E-state index contributed by atoms with van der Waals surface area (Å²) < 4.78 is 36.6. The van der Waals surface area contributed by atoms with Gasteiger partial charge in [0.05, 0.1) is 11.9 Å². The summed E-state index contributed by atoms with van der Waals surface area (Å²) >= 11 is 0. The molecular weight excluding hydrogens is 442 g/mol. The number of carbonyl (C=O) groups excluding carboxylic acids is 1. The number of carbonyl (C=O) groups is 1. The van der Waals surface area contributed by atoms with E-state index in [9.17, 15) is 13.2 Å². The van der Waals surface area contributed by atoms with Crippen LogP contribution < -0.4 is 19.1 Å². The van der Waals surface area contributed by atoms with Crippen molar-refractivity contribution in [3.8, 4) is 11.5 Å². The van der Waals surface area contributed by atoms with Crippen molar-refractivity contribution in [1.29, 1.82) is 0 Å². The minimum atomic E-state index is -3.50. The first kappa shape index (κ1) is 23.4. The van der Waals surface area contributed by atoms with Crippen LogP contribution in [0.3, 0.4) is 0 Å². The molecule has 2 aromatic rings. The lowest BCUT2D eigenvalue weighted by Gasteiger charge is -2.22. The van der Waals surface area contributed by atoms with Gasteiger partial charge in [-0.25, -0.2) is 8.42 Å². The maximum Gasteiger partial charge on any atom is 0.232 e. The number of likely N-dealkylation sites (tertiary alicyclic amines) is 1. The van der Waals surface area contributed by atoms with Gasteiger partial charge >= 0.3 is 0 Å². The number of sulfonamides is 1. The second kappa shape index (κ2) is 10.4. The van der Waals surface area contributed by atoms with Crippen molar-refractivity contribution in [3.05, 3.63) is 53.6 Å². The summed E-state index contributed by atoms with van der Waals surface area (Å²) in [6.07, 6.45) is 4.33. The Hall–Kier alpha value is -2.78. The molecule has 0 unspecified atom stereocenters. The van der Waals surface area contributed by atoms with Gasteiger partial charge in [-0.05, 0) is 55.6 Å². The zero-order chi connectivity index (χ0) is 23.3. The average molecular weight is 474 g/mol. The van der Waals surface area contributed by atoms with Crippen LogP contribution >= 0.6 is 0 Å². The SMILES string of the molecule is CS(=O)(=O)N(CCCC(=O)NCc1cccc(CN2CCCC2)c1)c1ccc2c(c1)OCO2. The van der Waals surface area contributed by atoms with E-state index in [1.54, 1.807) is 18.2 Å². The first-order valence-electron chi connectivity index (χ1n) is 11.3. The lowest BCUT2D eigenvalue weighted by atomic mass is 10.1. The van der Waals surface area contributed by atoms with Gasteiger partial charge in [0.15, 0.2) is 11.5 Å². The lowest BCUT2D eigenvalue weighted by Crippen LogP contribution is -2.32. The summed E-state index contributed by atoms with van der Waals surface area (Å²) in [6, 6.07) is 13.3. The topological polar surface area (TPSA) is 88.2 Å². The first-order chi connectivity index (χ1) is 15.9. The van der Waals surface area contributed by atoms with Crippen molar-refractivity contribution in [2.75, 3.05) is 37.0 Å². The number of anilines is 1. The standard InChI is InChI=1S/C24H31N3O5S/c1-33(29,30)27(21-9-10-22-23(15-21)32-18-31-22)13-5-8-24(28)25-16-19-6-4-7-20(14-19)17-26-11-2-3-12-26/h4,6-7,9-10,14-15H,2-3,5,8,11-13,16-18H2,1H3,(H,25,28). The van der Waals surface area contributed by atoms with Crippen LogP contribution in [0, 0.1) is 0 Å². The monoisotopic (exact) mass is 473 g/mol. The van der Waals surface area contributed by atoms with Crippen molar-refractivity contribution in [3.63, 3.8) is 0 Å². The van der Waals surface area contributed by atoms with E-state index in [4.69, 9.17) is 9.47 Å². The van der Waals surface area contributed by atoms with Crippen LogP contribution in [0.2, 0.25) is 0 Å². The molecule has 1 amide bonds. The van der Waals surface area contributed by atoms with Gasteiger partial charge in [-0.15, -0.1) is 0 Å². The highest BCUT2D eigenvalue weighted by Crippen LogP contribution is 2.36. The van der Waals surface area contributed by atoms with Crippen LogP contribution in [0.1, 0.15) is 36.8 Å². The number of nitrogens with one attached hydrogen (secondary N) is 1. The van der Waals surface area contributed by atoms with E-state index < -0.39 is 10.0 Å². The number of fused-ring (bicyclic) bond motifs is 1. The van der Waals surface area contributed by atoms with Crippen LogP contribution in [0.25, 0.3) is 0 Å². The van der Waals surface area contributed by atoms with Gasteiger partial charge in [0.25, 0.3) is 0 Å². The fourth-order valence-corrected chi connectivity index (χ4v) is 5.19. The molecule has 33 heavy (non-hydrogen) atoms. The molecule has 0 aliphatic carbocycles. The molecular formula is C24H31N3O5S. The van der Waals surface area contributed by atoms with E-state index in [2.05, 4.69) is 22.3 Å². The third-order valence-corrected chi connectivity index (χ3v) is 7.09. The smallest absolute Gasteiger partial charge is 0.232 e. The summed E-state index contributed by atoms with van der Waals surface area (Å²) in [4.78, 5) is 14.8. The van der Waals surface area contributed by atoms with E-state index in [0.717, 1.165) is 31.5 Å². The number of hydrogen-bond acceptors (Lipinski definition) is 6. The van der Waals surface area contributed by atoms with E-state index in [1.807, 2.05) is 12.1 Å². The van der Waals surface area contributed by atoms with E-state index in [-0.39, 0.29) is 25.7 Å². The third-order valence-electron chi connectivity index (χ3n) is 5.90. The Kier molecular flexibility index (Phi) is 7.39. The number of nitrogens with zero attached hydrogens (tertiary/aromatic N) is 2. The Bertz CT molecular complexity index is 1080. The van der Waals surface area contributed by atoms with E-state index >= 15 is 0 Å². The summed E-state index contributed by atoms with van der Waals surface area (Å²) in [6.45, 7) is 4.04. The van der Waals surface area contributed by atoms with Crippen molar-refractivity contribution in [2.45, 2.75) is 38.8 Å². The molecule has 0 aromatic heterocycles. The number of benzene rings is 2. The van der Waals surface area contributed by atoms with Crippen LogP contribution in [0.15, 0.2) is 42.5 Å². The van der Waals surface area contributed by atoms with Crippen molar-refractivity contribution in [2.24, 2.45) is 0 Å². The van der Waals surface area contributed by atoms with E-state index in [1.165, 1.54) is 22.7 Å². The normalized spacial score (nSPS) is 15.5. The van der Waals surface area contributed by atoms with Crippen molar-refractivity contribution < 1.29 is 22.7 Å². The zero-order valence-corrected chi connectivity index (χ0v) is 19.8. The predicted octanol–water partition coefficient (Wildman–Crippen LogP) is 2.87. The number of ether oxygens (including phenoxy) is 2. The number of amides is 1. The Morgan fingerprint density at radius 3 is 2.61 bits per heavy atom. The van der Waals surface area contributed by atoms with Crippen LogP contribution in [-0.2, 0) is 27.9 Å². The fraction of sp³-hybridized carbons (Fsp3) is 0.458. The highest BCUT2D eigenvalue weighted by Gasteiger charge is 2.21. The van der Waals surface area contributed by atoms with Gasteiger partial charge < -0.3 is 14.8 Å². The van der Waals surface area contributed by atoms with Gasteiger partial charge in [-0.3, -0.25) is 14.0 Å². The van der Waals surface area contributed by atoms with Gasteiger partial charge in [0, 0.05) is 32.1 Å². The van der Waals surface area contributed by atoms with Gasteiger partial charge in [-0.2, -0.15) is 0 Å². The Labute approximate surface area is 195 Å². The quantitative estimate of drug-likeness (QED) is 0.571. The second-order valence-corrected chi connectivity index (χ2v) is 10.5. The molecule has 0 atom stereocenters. The summed E-state index contributed by atoms with van der Waals surface area (Å²) in [5, 5.41) is 2.95. The molecule has 2 aliphatic heterocycles. The minimum Gasteiger partial charge on any atom is -0.454 e. The molecule has 1 fully saturated rings. The third kappa shape index (κ3) is 6.39. The molecule has 2 heterocycles. The maximum absolute atomic E-state index is 12.4. The van der Waals surface area contributed by atoms with Crippen LogP contribution in [0.5, 0.6) is 11.5 Å². The summed E-state index contributed by atoms with van der Waals surface area (Å²) in [5.74, 6) is 1.01. The largest absolute Gasteiger partial charge is 0.454 e. The Balaban J connectivity index is 1.26. The van der Waals surface area contributed by atoms with Crippen molar-refractivity contribution >= 4 is 21.6 Å². The molecule has 2 aromatic carbocycles. The summed E-state index contributed by atoms with van der Waals surface area (Å²) in [5.41, 5.74) is 2.83. The zero-order valence-electron chi connectivity index (χ0n) is 19.0. The molecule has 0 bridgehead atoms. The molecule has 2 aliphatic rings. The molecule has 178 valence electrons. The molecule has 8 nitrogen and oxygen atoms in total. The molecule has 4 rings (SSSR count). The average Bonchev–Trinajstić information content (AvgIpc) is 3.46. The fourth-order valence-electron chi connectivity index (χ4n) is 4.24. The molecule has 1 saturated heterocycles. The van der Waals surface area contributed by atoms with Crippen LogP contribution in [0.4, 0.5) is 5.69 Å². The van der Waals surface area contributed by atoms with Crippen molar-refractivity contribution in [1.82, 2.24) is 10.2 Å². The molecule has 0 spiro atoms. The summed E-state index contributed by atoms with van der Waals surface area (Å²) in [7, 11) is -3.50. The molecule has 0 radical (unpaired) electrons.